The Hall–Kier alpha value is -2.32. The van der Waals surface area contributed by atoms with Crippen LogP contribution < -0.4 is 0 Å². The van der Waals surface area contributed by atoms with E-state index in [-0.39, 0.29) is 11.3 Å². The quantitative estimate of drug-likeness (QED) is 0.624. The Morgan fingerprint density at radius 1 is 1.20 bits per heavy atom. The molecule has 100 valence electrons. The Bertz CT molecular complexity index is 675. The summed E-state index contributed by atoms with van der Waals surface area (Å²) in [7, 11) is 0. The topological polar surface area (TPSA) is 66.9 Å². The van der Waals surface area contributed by atoms with E-state index in [1.54, 1.807) is 12.1 Å². The molecule has 0 unspecified atom stereocenters. The lowest BCUT2D eigenvalue weighted by atomic mass is 10.2. The molecule has 2 aromatic rings. The van der Waals surface area contributed by atoms with E-state index >= 15 is 0 Å². The van der Waals surface area contributed by atoms with E-state index in [2.05, 4.69) is 19.1 Å². The second-order valence-electron chi connectivity index (χ2n) is 4.15. The van der Waals surface area contributed by atoms with E-state index in [9.17, 15) is 10.1 Å². The minimum atomic E-state index is -0.539. The molecule has 0 bridgehead atoms. The monoisotopic (exact) mass is 284 g/mol. The van der Waals surface area contributed by atoms with Crippen molar-refractivity contribution in [3.8, 4) is 6.07 Å². The van der Waals surface area contributed by atoms with Gasteiger partial charge in [0.2, 0.25) is 0 Å². The van der Waals surface area contributed by atoms with Crippen LogP contribution in [0.3, 0.4) is 0 Å². The van der Waals surface area contributed by atoms with Crippen molar-refractivity contribution < 1.29 is 4.92 Å². The van der Waals surface area contributed by atoms with Gasteiger partial charge in [0.25, 0.3) is 5.69 Å². The van der Waals surface area contributed by atoms with E-state index in [1.165, 1.54) is 23.4 Å². The molecule has 5 heteroatoms. The first kappa shape index (κ1) is 14.1. The predicted octanol–water partition coefficient (Wildman–Crippen LogP) is 4.18. The number of hydrogen-bond acceptors (Lipinski definition) is 4. The summed E-state index contributed by atoms with van der Waals surface area (Å²) in [4.78, 5) is 12.1. The van der Waals surface area contributed by atoms with Crippen molar-refractivity contribution in [3.63, 3.8) is 0 Å². The van der Waals surface area contributed by atoms with Gasteiger partial charge in [-0.1, -0.05) is 30.8 Å². The Labute approximate surface area is 121 Å². The van der Waals surface area contributed by atoms with Crippen molar-refractivity contribution in [3.05, 3.63) is 63.7 Å². The third-order valence-corrected chi connectivity index (χ3v) is 3.85. The number of nitrogens with zero attached hydrogens (tertiary/aromatic N) is 2. The van der Waals surface area contributed by atoms with Gasteiger partial charge in [-0.3, -0.25) is 10.1 Å². The minimum Gasteiger partial charge on any atom is -0.258 e. The zero-order chi connectivity index (χ0) is 14.5. The van der Waals surface area contributed by atoms with Gasteiger partial charge in [0, 0.05) is 15.9 Å². The first-order valence-corrected chi connectivity index (χ1v) is 6.91. The Balaban J connectivity index is 2.25. The van der Waals surface area contributed by atoms with Gasteiger partial charge in [-0.25, -0.2) is 0 Å². The molecule has 0 aromatic heterocycles. The maximum atomic E-state index is 10.8. The zero-order valence-electron chi connectivity index (χ0n) is 10.9. The molecule has 0 N–H and O–H groups in total. The first-order valence-electron chi connectivity index (χ1n) is 6.09. The van der Waals surface area contributed by atoms with Crippen LogP contribution in [0.2, 0.25) is 0 Å². The smallest absolute Gasteiger partial charge is 0.258 e. The van der Waals surface area contributed by atoms with Crippen molar-refractivity contribution in [1.29, 1.82) is 5.26 Å². The van der Waals surface area contributed by atoms with Gasteiger partial charge in [-0.05, 0) is 36.2 Å². The highest BCUT2D eigenvalue weighted by Crippen LogP contribution is 2.31. The van der Waals surface area contributed by atoms with Crippen molar-refractivity contribution in [2.45, 2.75) is 23.1 Å². The van der Waals surface area contributed by atoms with E-state index in [4.69, 9.17) is 5.26 Å². The average molecular weight is 284 g/mol. The van der Waals surface area contributed by atoms with Gasteiger partial charge in [-0.2, -0.15) is 5.26 Å². The van der Waals surface area contributed by atoms with E-state index in [0.29, 0.717) is 0 Å². The largest absolute Gasteiger partial charge is 0.287 e. The fraction of sp³-hybridized carbons (Fsp3) is 0.133. The molecule has 0 spiro atoms. The molecule has 0 aliphatic heterocycles. The second kappa shape index (κ2) is 6.22. The first-order chi connectivity index (χ1) is 9.63. The Morgan fingerprint density at radius 2 is 1.85 bits per heavy atom. The van der Waals surface area contributed by atoms with Crippen LogP contribution in [-0.2, 0) is 6.42 Å². The van der Waals surface area contributed by atoms with Crippen LogP contribution >= 0.6 is 11.8 Å². The van der Waals surface area contributed by atoms with Gasteiger partial charge in [0.05, 0.1) is 4.92 Å². The van der Waals surface area contributed by atoms with Crippen LogP contribution in [0.25, 0.3) is 0 Å². The Kier molecular flexibility index (Phi) is 4.38. The molecule has 0 saturated carbocycles. The summed E-state index contributed by atoms with van der Waals surface area (Å²) in [6.45, 7) is 2.09. The molecular weight excluding hydrogens is 272 g/mol. The average Bonchev–Trinajstić information content (AvgIpc) is 2.47. The van der Waals surface area contributed by atoms with Crippen LogP contribution in [0, 0.1) is 21.4 Å². The molecule has 4 nitrogen and oxygen atoms in total. The van der Waals surface area contributed by atoms with Crippen LogP contribution in [0.1, 0.15) is 18.1 Å². The third kappa shape index (κ3) is 3.16. The van der Waals surface area contributed by atoms with E-state index in [0.717, 1.165) is 16.2 Å². The predicted molar refractivity (Wildman–Crippen MR) is 77.8 cm³/mol. The number of rotatable bonds is 4. The minimum absolute atomic E-state index is 0.0881. The molecule has 2 rings (SSSR count). The van der Waals surface area contributed by atoms with Gasteiger partial charge in [0.1, 0.15) is 11.6 Å². The molecule has 0 aliphatic carbocycles. The maximum absolute atomic E-state index is 10.8. The molecule has 0 fully saturated rings. The van der Waals surface area contributed by atoms with Crippen LogP contribution in [0.5, 0.6) is 0 Å². The number of hydrogen-bond donors (Lipinski definition) is 0. The molecule has 0 saturated heterocycles. The van der Waals surface area contributed by atoms with Crippen LogP contribution in [0.15, 0.2) is 52.3 Å². The summed E-state index contributed by atoms with van der Waals surface area (Å²) in [6.07, 6.45) is 0.987. The van der Waals surface area contributed by atoms with Gasteiger partial charge in [-0.15, -0.1) is 0 Å². The highest BCUT2D eigenvalue weighted by Gasteiger charge is 2.14. The van der Waals surface area contributed by atoms with Gasteiger partial charge in [0.15, 0.2) is 0 Å². The van der Waals surface area contributed by atoms with Crippen molar-refractivity contribution in [2.24, 2.45) is 0 Å². The second-order valence-corrected chi connectivity index (χ2v) is 5.29. The van der Waals surface area contributed by atoms with Crippen molar-refractivity contribution in [2.75, 3.05) is 0 Å². The number of aryl methyl sites for hydroxylation is 1. The number of benzene rings is 2. The van der Waals surface area contributed by atoms with E-state index < -0.39 is 4.92 Å². The van der Waals surface area contributed by atoms with Crippen molar-refractivity contribution >= 4 is 17.4 Å². The maximum Gasteiger partial charge on any atom is 0.287 e. The molecule has 0 amide bonds. The molecular formula is C15H12N2O2S. The molecule has 0 atom stereocenters. The van der Waals surface area contributed by atoms with Crippen LogP contribution in [0.4, 0.5) is 5.69 Å². The lowest BCUT2D eigenvalue weighted by Crippen LogP contribution is -1.92. The van der Waals surface area contributed by atoms with E-state index in [1.807, 2.05) is 18.2 Å². The number of nitro groups is 1. The SMILES string of the molecule is CCc1ccc(Sc2ccc([N+](=O)[O-])c(C#N)c2)cc1. The molecule has 20 heavy (non-hydrogen) atoms. The van der Waals surface area contributed by atoms with Gasteiger partial charge >= 0.3 is 0 Å². The summed E-state index contributed by atoms with van der Waals surface area (Å²) in [6, 6.07) is 14.6. The number of nitriles is 1. The summed E-state index contributed by atoms with van der Waals surface area (Å²) in [5.41, 5.74) is 1.19. The van der Waals surface area contributed by atoms with Gasteiger partial charge < -0.3 is 0 Å². The molecule has 0 aliphatic rings. The zero-order valence-corrected chi connectivity index (χ0v) is 11.7. The van der Waals surface area contributed by atoms with Crippen molar-refractivity contribution in [1.82, 2.24) is 0 Å². The summed E-state index contributed by atoms with van der Waals surface area (Å²) < 4.78 is 0. The third-order valence-electron chi connectivity index (χ3n) is 2.85. The highest BCUT2D eigenvalue weighted by molar-refractivity contribution is 7.99. The normalized spacial score (nSPS) is 10.0. The standard InChI is InChI=1S/C15H12N2O2S/c1-2-11-3-5-13(6-4-11)20-14-7-8-15(17(18)19)12(9-14)10-16/h3-9H,2H2,1H3. The fourth-order valence-corrected chi connectivity index (χ4v) is 2.61. The van der Waals surface area contributed by atoms with Crippen LogP contribution in [-0.4, -0.2) is 4.92 Å². The molecule has 0 heterocycles. The Morgan fingerprint density at radius 3 is 2.40 bits per heavy atom. The number of nitro benzene ring substituents is 1. The molecule has 2 aromatic carbocycles. The lowest BCUT2D eigenvalue weighted by molar-refractivity contribution is -0.385. The summed E-state index contributed by atoms with van der Waals surface area (Å²) in [5, 5.41) is 19.7. The summed E-state index contributed by atoms with van der Waals surface area (Å²) >= 11 is 1.48. The molecule has 0 radical (unpaired) electrons. The highest BCUT2D eigenvalue weighted by atomic mass is 32.2. The lowest BCUT2D eigenvalue weighted by Gasteiger charge is -2.04. The summed E-state index contributed by atoms with van der Waals surface area (Å²) in [5.74, 6) is 0. The fourth-order valence-electron chi connectivity index (χ4n) is 1.76.